The first-order valence-electron chi connectivity index (χ1n) is 8.12. The molecule has 0 aliphatic carbocycles. The molecule has 0 radical (unpaired) electrons. The van der Waals surface area contributed by atoms with Crippen molar-refractivity contribution in [3.8, 4) is 0 Å². The highest BCUT2D eigenvalue weighted by molar-refractivity contribution is 7.09. The van der Waals surface area contributed by atoms with Crippen LogP contribution in [0.25, 0.3) is 0 Å². The lowest BCUT2D eigenvalue weighted by molar-refractivity contribution is 0.0772. The van der Waals surface area contributed by atoms with Gasteiger partial charge in [-0.2, -0.15) is 4.39 Å². The van der Waals surface area contributed by atoms with Gasteiger partial charge in [-0.25, -0.2) is 9.97 Å². The van der Waals surface area contributed by atoms with E-state index < -0.39 is 5.95 Å². The van der Waals surface area contributed by atoms with Crippen molar-refractivity contribution in [1.82, 2.24) is 19.8 Å². The SMILES string of the molecule is Cc1nc(CN2C[C@H]3CN(C(=O)c4ccnc(F)c4)C[C@@H]3C2)cs1. The molecule has 2 atom stereocenters. The van der Waals surface area contributed by atoms with E-state index in [1.54, 1.807) is 17.4 Å². The maximum Gasteiger partial charge on any atom is 0.254 e. The van der Waals surface area contributed by atoms with Crippen LogP contribution in [0.1, 0.15) is 21.1 Å². The molecule has 0 N–H and O–H groups in total. The molecule has 2 fully saturated rings. The molecule has 5 nitrogen and oxygen atoms in total. The van der Waals surface area contributed by atoms with Gasteiger partial charge in [-0.15, -0.1) is 11.3 Å². The molecule has 0 unspecified atom stereocenters. The van der Waals surface area contributed by atoms with Crippen molar-refractivity contribution in [2.75, 3.05) is 26.2 Å². The maximum atomic E-state index is 13.2. The number of thiazole rings is 1. The van der Waals surface area contributed by atoms with Crippen molar-refractivity contribution >= 4 is 17.2 Å². The van der Waals surface area contributed by atoms with Gasteiger partial charge in [0.2, 0.25) is 5.95 Å². The first-order valence-corrected chi connectivity index (χ1v) is 9.00. The van der Waals surface area contributed by atoms with Gasteiger partial charge in [0.15, 0.2) is 0 Å². The topological polar surface area (TPSA) is 49.3 Å². The highest BCUT2D eigenvalue weighted by Crippen LogP contribution is 2.32. The van der Waals surface area contributed by atoms with Crippen molar-refractivity contribution < 1.29 is 9.18 Å². The van der Waals surface area contributed by atoms with Gasteiger partial charge in [-0.1, -0.05) is 0 Å². The van der Waals surface area contributed by atoms with Gasteiger partial charge in [-0.3, -0.25) is 9.69 Å². The van der Waals surface area contributed by atoms with E-state index in [1.807, 2.05) is 11.8 Å². The molecule has 0 aromatic carbocycles. The number of hydrogen-bond acceptors (Lipinski definition) is 5. The number of pyridine rings is 1. The number of aryl methyl sites for hydroxylation is 1. The zero-order chi connectivity index (χ0) is 16.7. The third-order valence-corrected chi connectivity index (χ3v) is 5.70. The summed E-state index contributed by atoms with van der Waals surface area (Å²) in [6, 6.07) is 2.80. The Hall–Kier alpha value is -1.86. The van der Waals surface area contributed by atoms with Crippen molar-refractivity contribution in [3.05, 3.63) is 45.9 Å². The second-order valence-electron chi connectivity index (χ2n) is 6.65. The summed E-state index contributed by atoms with van der Waals surface area (Å²) in [7, 11) is 0. The van der Waals surface area contributed by atoms with E-state index in [0.717, 1.165) is 43.4 Å². The number of rotatable bonds is 3. The van der Waals surface area contributed by atoms with Crippen molar-refractivity contribution in [2.45, 2.75) is 13.5 Å². The number of nitrogens with zero attached hydrogens (tertiary/aromatic N) is 4. The Morgan fingerprint density at radius 3 is 2.71 bits per heavy atom. The third-order valence-electron chi connectivity index (χ3n) is 4.87. The number of likely N-dealkylation sites (tertiary alicyclic amines) is 2. The van der Waals surface area contributed by atoms with E-state index >= 15 is 0 Å². The smallest absolute Gasteiger partial charge is 0.254 e. The second-order valence-corrected chi connectivity index (χ2v) is 7.71. The van der Waals surface area contributed by atoms with Crippen LogP contribution in [-0.2, 0) is 6.54 Å². The number of aromatic nitrogens is 2. The lowest BCUT2D eigenvalue weighted by Crippen LogP contribution is -2.33. The van der Waals surface area contributed by atoms with Crippen LogP contribution in [0.4, 0.5) is 4.39 Å². The molecule has 126 valence electrons. The van der Waals surface area contributed by atoms with Gasteiger partial charge in [-0.05, 0) is 24.8 Å². The molecule has 0 bridgehead atoms. The molecular formula is C17H19FN4OS. The van der Waals surface area contributed by atoms with Gasteiger partial charge < -0.3 is 4.90 Å². The Bertz CT molecular complexity index is 751. The fraction of sp³-hybridized carbons (Fsp3) is 0.471. The van der Waals surface area contributed by atoms with Crippen LogP contribution < -0.4 is 0 Å². The molecule has 1 amide bonds. The number of halogens is 1. The summed E-state index contributed by atoms with van der Waals surface area (Å²) >= 11 is 1.69. The summed E-state index contributed by atoms with van der Waals surface area (Å²) in [5.74, 6) is 0.304. The molecule has 4 heterocycles. The molecule has 2 aromatic heterocycles. The number of carbonyl (C=O) groups excluding carboxylic acids is 1. The Morgan fingerprint density at radius 1 is 1.33 bits per heavy atom. The fourth-order valence-corrected chi connectivity index (χ4v) is 4.42. The minimum Gasteiger partial charge on any atom is -0.338 e. The van der Waals surface area contributed by atoms with Crippen LogP contribution in [0.5, 0.6) is 0 Å². The Morgan fingerprint density at radius 2 is 2.08 bits per heavy atom. The van der Waals surface area contributed by atoms with Crippen LogP contribution in [0.15, 0.2) is 23.7 Å². The number of hydrogen-bond donors (Lipinski definition) is 0. The van der Waals surface area contributed by atoms with E-state index in [-0.39, 0.29) is 5.91 Å². The summed E-state index contributed by atoms with van der Waals surface area (Å²) in [5.41, 5.74) is 1.52. The minimum absolute atomic E-state index is 0.0904. The van der Waals surface area contributed by atoms with E-state index in [4.69, 9.17) is 0 Å². The van der Waals surface area contributed by atoms with E-state index in [0.29, 0.717) is 17.4 Å². The predicted molar refractivity (Wildman–Crippen MR) is 89.2 cm³/mol. The fourth-order valence-electron chi connectivity index (χ4n) is 3.81. The van der Waals surface area contributed by atoms with Crippen LogP contribution >= 0.6 is 11.3 Å². The van der Waals surface area contributed by atoms with Crippen molar-refractivity contribution in [3.63, 3.8) is 0 Å². The van der Waals surface area contributed by atoms with E-state index in [9.17, 15) is 9.18 Å². The number of carbonyl (C=O) groups is 1. The zero-order valence-electron chi connectivity index (χ0n) is 13.5. The highest BCUT2D eigenvalue weighted by atomic mass is 32.1. The molecule has 4 rings (SSSR count). The largest absolute Gasteiger partial charge is 0.338 e. The average Bonchev–Trinajstić information content (AvgIpc) is 3.21. The van der Waals surface area contributed by atoms with Crippen molar-refractivity contribution in [2.24, 2.45) is 11.8 Å². The number of amides is 1. The summed E-state index contributed by atoms with van der Waals surface area (Å²) in [5, 5.41) is 3.22. The molecule has 0 spiro atoms. The van der Waals surface area contributed by atoms with E-state index in [1.165, 1.54) is 12.3 Å². The van der Waals surface area contributed by atoms with Gasteiger partial charge in [0.1, 0.15) is 0 Å². The third kappa shape index (κ3) is 3.06. The number of fused-ring (bicyclic) bond motifs is 1. The monoisotopic (exact) mass is 346 g/mol. The molecule has 2 saturated heterocycles. The Labute approximate surface area is 144 Å². The summed E-state index contributed by atoms with van der Waals surface area (Å²) in [4.78, 5) is 24.8. The molecule has 2 aliphatic heterocycles. The Kier molecular flexibility index (Phi) is 4.05. The summed E-state index contributed by atoms with van der Waals surface area (Å²) < 4.78 is 13.2. The van der Waals surface area contributed by atoms with Gasteiger partial charge in [0.25, 0.3) is 5.91 Å². The summed E-state index contributed by atoms with van der Waals surface area (Å²) in [6.45, 7) is 6.41. The summed E-state index contributed by atoms with van der Waals surface area (Å²) in [6.07, 6.45) is 1.34. The standard InChI is InChI=1S/C17H19FN4OS/c1-11-20-15(10-24-11)9-21-5-13-7-22(8-14(13)6-21)17(23)12-2-3-19-16(18)4-12/h2-4,10,13-14H,5-9H2,1H3/t13-,14-/m0/s1. The lowest BCUT2D eigenvalue weighted by atomic mass is 10.0. The second kappa shape index (κ2) is 6.22. The van der Waals surface area contributed by atoms with Crippen molar-refractivity contribution in [1.29, 1.82) is 0 Å². The van der Waals surface area contributed by atoms with Gasteiger partial charge in [0.05, 0.1) is 10.7 Å². The Balaban J connectivity index is 1.36. The highest BCUT2D eigenvalue weighted by Gasteiger charge is 2.41. The zero-order valence-corrected chi connectivity index (χ0v) is 14.3. The van der Waals surface area contributed by atoms with Crippen LogP contribution in [0, 0.1) is 24.7 Å². The maximum absolute atomic E-state index is 13.2. The lowest BCUT2D eigenvalue weighted by Gasteiger charge is -2.21. The molecule has 24 heavy (non-hydrogen) atoms. The van der Waals surface area contributed by atoms with Crippen LogP contribution in [-0.4, -0.2) is 51.9 Å². The quantitative estimate of drug-likeness (QED) is 0.800. The molecular weight excluding hydrogens is 327 g/mol. The first-order chi connectivity index (χ1) is 11.6. The minimum atomic E-state index is -0.607. The average molecular weight is 346 g/mol. The van der Waals surface area contributed by atoms with Crippen LogP contribution in [0.3, 0.4) is 0 Å². The molecule has 2 aromatic rings. The molecule has 0 saturated carbocycles. The van der Waals surface area contributed by atoms with Gasteiger partial charge >= 0.3 is 0 Å². The van der Waals surface area contributed by atoms with Crippen LogP contribution in [0.2, 0.25) is 0 Å². The molecule has 2 aliphatic rings. The first kappa shape index (κ1) is 15.7. The predicted octanol–water partition coefficient (Wildman–Crippen LogP) is 2.19. The normalized spacial score (nSPS) is 23.7. The van der Waals surface area contributed by atoms with E-state index in [2.05, 4.69) is 20.2 Å². The molecule has 7 heteroatoms. The van der Waals surface area contributed by atoms with Gasteiger partial charge in [0, 0.05) is 55.9 Å².